The summed E-state index contributed by atoms with van der Waals surface area (Å²) in [6.07, 6.45) is 2.30. The maximum absolute atomic E-state index is 12.4. The standard InChI is InChI=1S/C14H24N2O4/c1-4-10(5-2)16-12(17)9-11(14(16)20)15(3)8-6-7-13(18)19/h10-11H,4-9H2,1-3H3,(H,18,19). The molecule has 0 aliphatic carbocycles. The van der Waals surface area contributed by atoms with Crippen molar-refractivity contribution >= 4 is 17.8 Å². The first-order chi connectivity index (χ1) is 9.42. The Morgan fingerprint density at radius 1 is 1.40 bits per heavy atom. The predicted molar refractivity (Wildman–Crippen MR) is 74.1 cm³/mol. The molecule has 20 heavy (non-hydrogen) atoms. The number of likely N-dealkylation sites (tertiary alicyclic amines) is 1. The van der Waals surface area contributed by atoms with Gasteiger partial charge >= 0.3 is 5.97 Å². The van der Waals surface area contributed by atoms with Gasteiger partial charge in [0.1, 0.15) is 0 Å². The monoisotopic (exact) mass is 284 g/mol. The first-order valence-electron chi connectivity index (χ1n) is 7.20. The smallest absolute Gasteiger partial charge is 0.303 e. The lowest BCUT2D eigenvalue weighted by atomic mass is 10.1. The van der Waals surface area contributed by atoms with E-state index in [0.29, 0.717) is 13.0 Å². The zero-order valence-electron chi connectivity index (χ0n) is 12.5. The summed E-state index contributed by atoms with van der Waals surface area (Å²) in [5.74, 6) is -1.09. The van der Waals surface area contributed by atoms with Crippen molar-refractivity contribution in [3.05, 3.63) is 0 Å². The fraction of sp³-hybridized carbons (Fsp3) is 0.786. The number of hydrogen-bond donors (Lipinski definition) is 1. The van der Waals surface area contributed by atoms with E-state index in [-0.39, 0.29) is 30.7 Å². The van der Waals surface area contributed by atoms with Crippen LogP contribution >= 0.6 is 0 Å². The molecule has 1 unspecified atom stereocenters. The minimum absolute atomic E-state index is 0.0209. The lowest BCUT2D eigenvalue weighted by Gasteiger charge is -2.26. The van der Waals surface area contributed by atoms with Gasteiger partial charge < -0.3 is 5.11 Å². The van der Waals surface area contributed by atoms with E-state index in [4.69, 9.17) is 5.11 Å². The lowest BCUT2D eigenvalue weighted by Crippen LogP contribution is -2.44. The number of hydrogen-bond acceptors (Lipinski definition) is 4. The molecule has 6 heteroatoms. The van der Waals surface area contributed by atoms with Crippen LogP contribution in [-0.2, 0) is 14.4 Å². The molecule has 2 amide bonds. The Bertz CT molecular complexity index is 379. The van der Waals surface area contributed by atoms with Crippen LogP contribution in [0.2, 0.25) is 0 Å². The second-order valence-corrected chi connectivity index (χ2v) is 5.27. The maximum Gasteiger partial charge on any atom is 0.303 e. The van der Waals surface area contributed by atoms with Crippen LogP contribution in [0.1, 0.15) is 46.0 Å². The zero-order valence-corrected chi connectivity index (χ0v) is 12.5. The molecule has 1 fully saturated rings. The van der Waals surface area contributed by atoms with E-state index in [0.717, 1.165) is 12.8 Å². The Morgan fingerprint density at radius 3 is 2.50 bits per heavy atom. The topological polar surface area (TPSA) is 77.9 Å². The van der Waals surface area contributed by atoms with Crippen molar-refractivity contribution < 1.29 is 19.5 Å². The molecule has 114 valence electrons. The second kappa shape index (κ2) is 7.38. The third-order valence-electron chi connectivity index (χ3n) is 3.90. The summed E-state index contributed by atoms with van der Waals surface area (Å²) < 4.78 is 0. The second-order valence-electron chi connectivity index (χ2n) is 5.27. The molecule has 0 aromatic heterocycles. The van der Waals surface area contributed by atoms with E-state index in [1.165, 1.54) is 4.90 Å². The average molecular weight is 284 g/mol. The SMILES string of the molecule is CCC(CC)N1C(=O)CC(N(C)CCCC(=O)O)C1=O. The van der Waals surface area contributed by atoms with Crippen LogP contribution in [0.3, 0.4) is 0 Å². The number of carbonyl (C=O) groups excluding carboxylic acids is 2. The van der Waals surface area contributed by atoms with Crippen LogP contribution in [0, 0.1) is 0 Å². The van der Waals surface area contributed by atoms with E-state index in [1.807, 2.05) is 13.8 Å². The number of aliphatic carboxylic acids is 1. The molecular weight excluding hydrogens is 260 g/mol. The van der Waals surface area contributed by atoms with Crippen LogP contribution < -0.4 is 0 Å². The molecule has 1 rings (SSSR count). The minimum Gasteiger partial charge on any atom is -0.481 e. The van der Waals surface area contributed by atoms with E-state index in [1.54, 1.807) is 11.9 Å². The molecule has 0 bridgehead atoms. The molecule has 1 aliphatic rings. The predicted octanol–water partition coefficient (Wildman–Crippen LogP) is 1.10. The molecule has 0 aromatic carbocycles. The van der Waals surface area contributed by atoms with E-state index in [2.05, 4.69) is 0 Å². The van der Waals surface area contributed by atoms with Crippen LogP contribution in [0.5, 0.6) is 0 Å². The molecule has 1 atom stereocenters. The summed E-state index contributed by atoms with van der Waals surface area (Å²) in [5.41, 5.74) is 0. The third-order valence-corrected chi connectivity index (χ3v) is 3.90. The Labute approximate surface area is 119 Å². The van der Waals surface area contributed by atoms with Crippen LogP contribution in [0.25, 0.3) is 0 Å². The number of nitrogens with zero attached hydrogens (tertiary/aromatic N) is 2. The van der Waals surface area contributed by atoms with Gasteiger partial charge in [-0.25, -0.2) is 0 Å². The lowest BCUT2D eigenvalue weighted by molar-refractivity contribution is -0.142. The van der Waals surface area contributed by atoms with Crippen LogP contribution in [0.15, 0.2) is 0 Å². The molecule has 1 saturated heterocycles. The number of carboxylic acids is 1. The highest BCUT2D eigenvalue weighted by Crippen LogP contribution is 2.23. The highest BCUT2D eigenvalue weighted by molar-refractivity contribution is 6.05. The van der Waals surface area contributed by atoms with Crippen molar-refractivity contribution in [1.82, 2.24) is 9.80 Å². The van der Waals surface area contributed by atoms with Crippen molar-refractivity contribution in [3.8, 4) is 0 Å². The molecule has 1 heterocycles. The molecular formula is C14H24N2O4. The molecule has 0 saturated carbocycles. The summed E-state index contributed by atoms with van der Waals surface area (Å²) in [6.45, 7) is 4.45. The molecule has 1 aliphatic heterocycles. The van der Waals surface area contributed by atoms with Gasteiger partial charge in [0.15, 0.2) is 0 Å². The Balaban J connectivity index is 2.63. The Morgan fingerprint density at radius 2 is 2.00 bits per heavy atom. The van der Waals surface area contributed by atoms with Crippen molar-refractivity contribution in [2.45, 2.75) is 58.0 Å². The first-order valence-corrected chi connectivity index (χ1v) is 7.20. The van der Waals surface area contributed by atoms with Gasteiger partial charge in [-0.2, -0.15) is 0 Å². The minimum atomic E-state index is -0.842. The molecule has 0 aromatic rings. The van der Waals surface area contributed by atoms with Gasteiger partial charge in [-0.15, -0.1) is 0 Å². The highest BCUT2D eigenvalue weighted by Gasteiger charge is 2.42. The van der Waals surface area contributed by atoms with Gasteiger partial charge in [0.2, 0.25) is 11.8 Å². The fourth-order valence-corrected chi connectivity index (χ4v) is 2.65. The largest absolute Gasteiger partial charge is 0.481 e. The molecule has 0 spiro atoms. The van der Waals surface area contributed by atoms with Crippen molar-refractivity contribution in [2.24, 2.45) is 0 Å². The fourth-order valence-electron chi connectivity index (χ4n) is 2.65. The normalized spacial score (nSPS) is 19.4. The number of amides is 2. The summed E-state index contributed by atoms with van der Waals surface area (Å²) in [6, 6.07) is -0.454. The highest BCUT2D eigenvalue weighted by atomic mass is 16.4. The molecule has 0 radical (unpaired) electrons. The molecule has 1 N–H and O–H groups in total. The average Bonchev–Trinajstić information content (AvgIpc) is 2.68. The summed E-state index contributed by atoms with van der Waals surface area (Å²) >= 11 is 0. The number of imide groups is 1. The summed E-state index contributed by atoms with van der Waals surface area (Å²) in [7, 11) is 1.77. The maximum atomic E-state index is 12.4. The summed E-state index contributed by atoms with van der Waals surface area (Å²) in [4.78, 5) is 38.1. The number of rotatable bonds is 8. The van der Waals surface area contributed by atoms with E-state index in [9.17, 15) is 14.4 Å². The summed E-state index contributed by atoms with van der Waals surface area (Å²) in [5, 5.41) is 8.62. The third kappa shape index (κ3) is 3.79. The van der Waals surface area contributed by atoms with Crippen molar-refractivity contribution in [2.75, 3.05) is 13.6 Å². The van der Waals surface area contributed by atoms with Gasteiger partial charge in [-0.1, -0.05) is 13.8 Å². The Kier molecular flexibility index (Phi) is 6.13. The van der Waals surface area contributed by atoms with Gasteiger partial charge in [0.25, 0.3) is 0 Å². The zero-order chi connectivity index (χ0) is 15.3. The molecule has 6 nitrogen and oxygen atoms in total. The first kappa shape index (κ1) is 16.6. The van der Waals surface area contributed by atoms with Gasteiger partial charge in [-0.05, 0) is 32.9 Å². The van der Waals surface area contributed by atoms with Gasteiger partial charge in [-0.3, -0.25) is 24.2 Å². The Hall–Kier alpha value is -1.43. The van der Waals surface area contributed by atoms with Crippen LogP contribution in [0.4, 0.5) is 0 Å². The quantitative estimate of drug-likeness (QED) is 0.675. The van der Waals surface area contributed by atoms with E-state index >= 15 is 0 Å². The number of likely N-dealkylation sites (N-methyl/N-ethyl adjacent to an activating group) is 1. The van der Waals surface area contributed by atoms with Crippen molar-refractivity contribution in [3.63, 3.8) is 0 Å². The van der Waals surface area contributed by atoms with Gasteiger partial charge in [0, 0.05) is 12.5 Å². The van der Waals surface area contributed by atoms with E-state index < -0.39 is 12.0 Å². The number of carbonyl (C=O) groups is 3. The number of carboxylic acid groups (broad SMARTS) is 1. The van der Waals surface area contributed by atoms with Crippen molar-refractivity contribution in [1.29, 1.82) is 0 Å². The van der Waals surface area contributed by atoms with Gasteiger partial charge in [0.05, 0.1) is 12.5 Å². The van der Waals surface area contributed by atoms with Crippen LogP contribution in [-0.4, -0.2) is 58.4 Å².